The topological polar surface area (TPSA) is 29.9 Å². The largest absolute Gasteiger partial charge is 0.308 e. The predicted molar refractivity (Wildman–Crippen MR) is 84.2 cm³/mol. The minimum absolute atomic E-state index is 0.0172. The second-order valence-electron chi connectivity index (χ2n) is 6.73. The zero-order valence-corrected chi connectivity index (χ0v) is 13.4. The standard InChI is InChI=1S/C17H24FN3/c1-12(2)15-8-9-21(20-15)16-7-6-13(10-14(16)18)11-19-17(3,4)5/h6-10,12,19H,11H2,1-5H3. The molecule has 0 saturated carbocycles. The number of rotatable bonds is 4. The molecule has 0 aliphatic rings. The first-order valence-electron chi connectivity index (χ1n) is 7.35. The van der Waals surface area contributed by atoms with Gasteiger partial charge in [-0.3, -0.25) is 0 Å². The number of nitrogens with one attached hydrogen (secondary N) is 1. The molecule has 1 heterocycles. The van der Waals surface area contributed by atoms with Gasteiger partial charge in [-0.2, -0.15) is 5.10 Å². The minimum Gasteiger partial charge on any atom is -0.308 e. The van der Waals surface area contributed by atoms with Gasteiger partial charge < -0.3 is 5.32 Å². The average molecular weight is 289 g/mol. The molecule has 0 bridgehead atoms. The number of halogens is 1. The molecule has 114 valence electrons. The summed E-state index contributed by atoms with van der Waals surface area (Å²) in [6.07, 6.45) is 1.81. The third kappa shape index (κ3) is 4.14. The van der Waals surface area contributed by atoms with E-state index in [0.29, 0.717) is 18.2 Å². The Kier molecular flexibility index (Phi) is 4.47. The van der Waals surface area contributed by atoms with Crippen LogP contribution >= 0.6 is 0 Å². The molecule has 2 rings (SSSR count). The Morgan fingerprint density at radius 3 is 2.48 bits per heavy atom. The van der Waals surface area contributed by atoms with Crippen LogP contribution in [-0.4, -0.2) is 15.3 Å². The molecular weight excluding hydrogens is 265 g/mol. The van der Waals surface area contributed by atoms with E-state index in [1.807, 2.05) is 12.1 Å². The normalized spacial score (nSPS) is 12.1. The molecule has 1 aromatic carbocycles. The van der Waals surface area contributed by atoms with E-state index >= 15 is 0 Å². The Balaban J connectivity index is 2.18. The molecule has 0 spiro atoms. The van der Waals surface area contributed by atoms with Crippen LogP contribution in [-0.2, 0) is 6.54 Å². The molecule has 0 amide bonds. The van der Waals surface area contributed by atoms with Gasteiger partial charge in [0.15, 0.2) is 0 Å². The van der Waals surface area contributed by atoms with Crippen LogP contribution in [0.3, 0.4) is 0 Å². The lowest BCUT2D eigenvalue weighted by Gasteiger charge is -2.20. The van der Waals surface area contributed by atoms with Crippen LogP contribution in [0.15, 0.2) is 30.5 Å². The fourth-order valence-electron chi connectivity index (χ4n) is 1.99. The van der Waals surface area contributed by atoms with Gasteiger partial charge in [0.2, 0.25) is 0 Å². The van der Waals surface area contributed by atoms with E-state index in [9.17, 15) is 4.39 Å². The van der Waals surface area contributed by atoms with Crippen LogP contribution in [0.25, 0.3) is 5.69 Å². The number of hydrogen-bond acceptors (Lipinski definition) is 2. The molecule has 0 saturated heterocycles. The number of benzene rings is 1. The molecule has 0 aliphatic carbocycles. The van der Waals surface area contributed by atoms with Crippen molar-refractivity contribution < 1.29 is 4.39 Å². The summed E-state index contributed by atoms with van der Waals surface area (Å²) in [5.74, 6) is 0.0891. The predicted octanol–water partition coefficient (Wildman–Crippen LogP) is 4.02. The third-order valence-electron chi connectivity index (χ3n) is 3.28. The minimum atomic E-state index is -0.249. The van der Waals surface area contributed by atoms with Crippen molar-refractivity contribution in [3.05, 3.63) is 47.5 Å². The maximum absolute atomic E-state index is 14.3. The van der Waals surface area contributed by atoms with Gasteiger partial charge >= 0.3 is 0 Å². The zero-order chi connectivity index (χ0) is 15.6. The second-order valence-corrected chi connectivity index (χ2v) is 6.73. The lowest BCUT2D eigenvalue weighted by atomic mass is 10.1. The zero-order valence-electron chi connectivity index (χ0n) is 13.4. The lowest BCUT2D eigenvalue weighted by Crippen LogP contribution is -2.35. The Morgan fingerprint density at radius 1 is 1.24 bits per heavy atom. The van der Waals surface area contributed by atoms with Crippen LogP contribution in [0, 0.1) is 5.82 Å². The monoisotopic (exact) mass is 289 g/mol. The fraction of sp³-hybridized carbons (Fsp3) is 0.471. The molecule has 0 aliphatic heterocycles. The van der Waals surface area contributed by atoms with Crippen LogP contribution < -0.4 is 5.32 Å². The van der Waals surface area contributed by atoms with E-state index < -0.39 is 0 Å². The molecule has 1 aromatic heterocycles. The van der Waals surface area contributed by atoms with Crippen molar-refractivity contribution in [1.82, 2.24) is 15.1 Å². The first-order valence-corrected chi connectivity index (χ1v) is 7.35. The van der Waals surface area contributed by atoms with Crippen molar-refractivity contribution in [2.24, 2.45) is 0 Å². The summed E-state index contributed by atoms with van der Waals surface area (Å²) >= 11 is 0. The van der Waals surface area contributed by atoms with E-state index in [1.165, 1.54) is 0 Å². The summed E-state index contributed by atoms with van der Waals surface area (Å²) in [6, 6.07) is 7.23. The molecule has 0 unspecified atom stereocenters. The molecule has 21 heavy (non-hydrogen) atoms. The Bertz CT molecular complexity index is 609. The summed E-state index contributed by atoms with van der Waals surface area (Å²) in [5, 5.41) is 7.77. The first kappa shape index (κ1) is 15.7. The highest BCUT2D eigenvalue weighted by Gasteiger charge is 2.11. The van der Waals surface area contributed by atoms with Gasteiger partial charge in [-0.1, -0.05) is 19.9 Å². The SMILES string of the molecule is CC(C)c1ccn(-c2ccc(CNC(C)(C)C)cc2F)n1. The summed E-state index contributed by atoms with van der Waals surface area (Å²) in [7, 11) is 0. The van der Waals surface area contributed by atoms with Crippen molar-refractivity contribution in [2.45, 2.75) is 52.6 Å². The molecule has 2 aromatic rings. The second kappa shape index (κ2) is 5.98. The number of nitrogens with zero attached hydrogens (tertiary/aromatic N) is 2. The third-order valence-corrected chi connectivity index (χ3v) is 3.28. The Hall–Kier alpha value is -1.68. The van der Waals surface area contributed by atoms with Gasteiger partial charge in [-0.25, -0.2) is 9.07 Å². The summed E-state index contributed by atoms with van der Waals surface area (Å²) < 4.78 is 15.9. The molecule has 1 N–H and O–H groups in total. The van der Waals surface area contributed by atoms with Crippen molar-refractivity contribution in [3.63, 3.8) is 0 Å². The fourth-order valence-corrected chi connectivity index (χ4v) is 1.99. The van der Waals surface area contributed by atoms with Gasteiger partial charge in [0, 0.05) is 18.3 Å². The molecular formula is C17H24FN3. The van der Waals surface area contributed by atoms with Crippen LogP contribution in [0.5, 0.6) is 0 Å². The van der Waals surface area contributed by atoms with Gasteiger partial charge in [0.05, 0.1) is 5.69 Å². The average Bonchev–Trinajstić information content (AvgIpc) is 2.85. The van der Waals surface area contributed by atoms with Crippen molar-refractivity contribution in [1.29, 1.82) is 0 Å². The van der Waals surface area contributed by atoms with Crippen molar-refractivity contribution >= 4 is 0 Å². The molecule has 3 nitrogen and oxygen atoms in total. The van der Waals surface area contributed by atoms with E-state index in [0.717, 1.165) is 11.3 Å². The number of aromatic nitrogens is 2. The maximum atomic E-state index is 14.3. The number of hydrogen-bond donors (Lipinski definition) is 1. The van der Waals surface area contributed by atoms with Crippen molar-refractivity contribution in [3.8, 4) is 5.69 Å². The summed E-state index contributed by atoms with van der Waals surface area (Å²) in [6.45, 7) is 11.1. The van der Waals surface area contributed by atoms with Gasteiger partial charge in [-0.05, 0) is 50.5 Å². The molecule has 0 radical (unpaired) electrons. The highest BCUT2D eigenvalue weighted by Crippen LogP contribution is 2.18. The maximum Gasteiger partial charge on any atom is 0.149 e. The molecule has 4 heteroatoms. The lowest BCUT2D eigenvalue weighted by molar-refractivity contribution is 0.423. The summed E-state index contributed by atoms with van der Waals surface area (Å²) in [4.78, 5) is 0. The van der Waals surface area contributed by atoms with Crippen molar-refractivity contribution in [2.75, 3.05) is 0 Å². The molecule has 0 fully saturated rings. The quantitative estimate of drug-likeness (QED) is 0.921. The Labute approximate surface area is 126 Å². The van der Waals surface area contributed by atoms with Crippen LogP contribution in [0.2, 0.25) is 0 Å². The molecule has 0 atom stereocenters. The summed E-state index contributed by atoms with van der Waals surface area (Å²) in [5.41, 5.74) is 2.40. The van der Waals surface area contributed by atoms with Crippen LogP contribution in [0.4, 0.5) is 4.39 Å². The van der Waals surface area contributed by atoms with Crippen LogP contribution in [0.1, 0.15) is 51.8 Å². The van der Waals surface area contributed by atoms with E-state index in [1.54, 1.807) is 23.0 Å². The Morgan fingerprint density at radius 2 is 1.95 bits per heavy atom. The van der Waals surface area contributed by atoms with Gasteiger partial charge in [-0.15, -0.1) is 0 Å². The van der Waals surface area contributed by atoms with Gasteiger partial charge in [0.1, 0.15) is 11.5 Å². The van der Waals surface area contributed by atoms with E-state index in [4.69, 9.17) is 0 Å². The van der Waals surface area contributed by atoms with Gasteiger partial charge in [0.25, 0.3) is 0 Å². The first-order chi connectivity index (χ1) is 9.76. The van der Waals surface area contributed by atoms with E-state index in [2.05, 4.69) is 45.0 Å². The smallest absolute Gasteiger partial charge is 0.149 e. The highest BCUT2D eigenvalue weighted by molar-refractivity contribution is 5.36. The highest BCUT2D eigenvalue weighted by atomic mass is 19.1. The van der Waals surface area contributed by atoms with E-state index in [-0.39, 0.29) is 11.4 Å².